The van der Waals surface area contributed by atoms with Crippen molar-refractivity contribution in [2.75, 3.05) is 0 Å². The van der Waals surface area contributed by atoms with E-state index in [1.165, 1.54) is 25.7 Å². The molecule has 1 unspecified atom stereocenters. The fourth-order valence-electron chi connectivity index (χ4n) is 1.63. The molecule has 0 N–H and O–H groups in total. The second-order valence-electron chi connectivity index (χ2n) is 5.54. The van der Waals surface area contributed by atoms with E-state index in [0.717, 1.165) is 0 Å². The van der Waals surface area contributed by atoms with Crippen LogP contribution in [0.4, 0.5) is 0 Å². The van der Waals surface area contributed by atoms with E-state index in [-0.39, 0.29) is 0 Å². The summed E-state index contributed by atoms with van der Waals surface area (Å²) in [6, 6.07) is 0. The Bertz CT molecular complexity index is 149. The molecule has 0 nitrogen and oxygen atoms in total. The monoisotopic (exact) mass is 232 g/mol. The highest BCUT2D eigenvalue weighted by atomic mass is 79.9. The maximum atomic E-state index is 3.73. The third kappa shape index (κ3) is 2.76. The first-order chi connectivity index (χ1) is 5.36. The summed E-state index contributed by atoms with van der Waals surface area (Å²) in [5, 5.41) is 0. The van der Waals surface area contributed by atoms with Crippen LogP contribution in [0.1, 0.15) is 53.4 Å². The van der Waals surface area contributed by atoms with Crippen LogP contribution in [0.25, 0.3) is 0 Å². The van der Waals surface area contributed by atoms with E-state index >= 15 is 0 Å². The molecule has 0 bridgehead atoms. The standard InChI is InChI=1S/C11H21Br/c1-9(12)11(7-8-11)6-5-10(2,3)4/h9H,5-8H2,1-4H3. The van der Waals surface area contributed by atoms with E-state index in [4.69, 9.17) is 0 Å². The molecular formula is C11H21Br. The van der Waals surface area contributed by atoms with Crippen LogP contribution < -0.4 is 0 Å². The SMILES string of the molecule is CC(Br)C1(CCC(C)(C)C)CC1. The van der Waals surface area contributed by atoms with E-state index in [1.807, 2.05) is 0 Å². The lowest BCUT2D eigenvalue weighted by Crippen LogP contribution is -2.16. The summed E-state index contributed by atoms with van der Waals surface area (Å²) < 4.78 is 0. The molecule has 1 fully saturated rings. The Kier molecular flexibility index (Phi) is 2.92. The predicted molar refractivity (Wildman–Crippen MR) is 58.7 cm³/mol. The first-order valence-corrected chi connectivity index (χ1v) is 5.91. The summed E-state index contributed by atoms with van der Waals surface area (Å²) in [4.78, 5) is 0.715. The molecule has 0 radical (unpaired) electrons. The first kappa shape index (κ1) is 10.6. The van der Waals surface area contributed by atoms with Gasteiger partial charge in [-0.2, -0.15) is 0 Å². The molecule has 1 rings (SSSR count). The molecule has 0 saturated heterocycles. The quantitative estimate of drug-likeness (QED) is 0.634. The fourth-order valence-corrected chi connectivity index (χ4v) is 2.32. The van der Waals surface area contributed by atoms with Gasteiger partial charge in [-0.05, 0) is 36.5 Å². The molecule has 0 aliphatic heterocycles. The van der Waals surface area contributed by atoms with Gasteiger partial charge in [0.2, 0.25) is 0 Å². The van der Waals surface area contributed by atoms with Crippen LogP contribution in [0.3, 0.4) is 0 Å². The van der Waals surface area contributed by atoms with E-state index in [1.54, 1.807) is 0 Å². The van der Waals surface area contributed by atoms with E-state index in [9.17, 15) is 0 Å². The smallest absolute Gasteiger partial charge is 0.0173 e. The largest absolute Gasteiger partial charge is 0.0888 e. The van der Waals surface area contributed by atoms with Gasteiger partial charge in [-0.25, -0.2) is 0 Å². The summed E-state index contributed by atoms with van der Waals surface area (Å²) >= 11 is 3.73. The van der Waals surface area contributed by atoms with Gasteiger partial charge in [0.1, 0.15) is 0 Å². The van der Waals surface area contributed by atoms with Crippen LogP contribution >= 0.6 is 15.9 Å². The van der Waals surface area contributed by atoms with Crippen molar-refractivity contribution in [3.8, 4) is 0 Å². The molecule has 1 atom stereocenters. The van der Waals surface area contributed by atoms with Gasteiger partial charge in [-0.1, -0.05) is 43.6 Å². The molecule has 12 heavy (non-hydrogen) atoms. The van der Waals surface area contributed by atoms with E-state index < -0.39 is 0 Å². The minimum atomic E-state index is 0.511. The molecule has 72 valence electrons. The Morgan fingerprint density at radius 2 is 1.83 bits per heavy atom. The van der Waals surface area contributed by atoms with Gasteiger partial charge in [-0.15, -0.1) is 0 Å². The molecule has 1 heteroatoms. The number of hydrogen-bond acceptors (Lipinski definition) is 0. The maximum Gasteiger partial charge on any atom is 0.0173 e. The zero-order chi connectivity index (χ0) is 9.41. The molecule has 1 saturated carbocycles. The average molecular weight is 233 g/mol. The van der Waals surface area contributed by atoms with Crippen molar-refractivity contribution < 1.29 is 0 Å². The number of alkyl halides is 1. The minimum Gasteiger partial charge on any atom is -0.0888 e. The number of hydrogen-bond donors (Lipinski definition) is 0. The summed E-state index contributed by atoms with van der Waals surface area (Å²) in [7, 11) is 0. The number of halogens is 1. The summed E-state index contributed by atoms with van der Waals surface area (Å²) in [5.74, 6) is 0. The lowest BCUT2D eigenvalue weighted by atomic mass is 9.84. The molecule has 1 aliphatic rings. The molecule has 0 amide bonds. The third-order valence-electron chi connectivity index (χ3n) is 3.11. The highest BCUT2D eigenvalue weighted by Crippen LogP contribution is 2.55. The maximum absolute atomic E-state index is 3.73. The van der Waals surface area contributed by atoms with Gasteiger partial charge in [0.15, 0.2) is 0 Å². The Morgan fingerprint density at radius 3 is 2.08 bits per heavy atom. The second-order valence-corrected chi connectivity index (χ2v) is 6.91. The molecule has 1 aliphatic carbocycles. The zero-order valence-electron chi connectivity index (χ0n) is 8.78. The lowest BCUT2D eigenvalue weighted by molar-refractivity contribution is 0.311. The van der Waals surface area contributed by atoms with Crippen LogP contribution in [0.15, 0.2) is 0 Å². The Balaban J connectivity index is 2.32. The topological polar surface area (TPSA) is 0 Å². The average Bonchev–Trinajstić information content (AvgIpc) is 2.61. The highest BCUT2D eigenvalue weighted by molar-refractivity contribution is 9.09. The third-order valence-corrected chi connectivity index (χ3v) is 4.08. The fraction of sp³-hybridized carbons (Fsp3) is 1.00. The summed E-state index contributed by atoms with van der Waals surface area (Å²) in [5.41, 5.74) is 1.19. The van der Waals surface area contributed by atoms with Crippen molar-refractivity contribution in [2.24, 2.45) is 10.8 Å². The Hall–Kier alpha value is 0.480. The molecular weight excluding hydrogens is 212 g/mol. The van der Waals surface area contributed by atoms with E-state index in [2.05, 4.69) is 43.6 Å². The van der Waals surface area contributed by atoms with Gasteiger partial charge >= 0.3 is 0 Å². The molecule has 0 aromatic rings. The van der Waals surface area contributed by atoms with Gasteiger partial charge in [0.25, 0.3) is 0 Å². The lowest BCUT2D eigenvalue weighted by Gasteiger charge is -2.24. The van der Waals surface area contributed by atoms with Crippen molar-refractivity contribution >= 4 is 15.9 Å². The van der Waals surface area contributed by atoms with Crippen LogP contribution in [0, 0.1) is 10.8 Å². The van der Waals surface area contributed by atoms with Crippen LogP contribution in [-0.2, 0) is 0 Å². The van der Waals surface area contributed by atoms with E-state index in [0.29, 0.717) is 15.7 Å². The van der Waals surface area contributed by atoms with Crippen LogP contribution in [0.5, 0.6) is 0 Å². The minimum absolute atomic E-state index is 0.511. The first-order valence-electron chi connectivity index (χ1n) is 5.00. The van der Waals surface area contributed by atoms with Gasteiger partial charge in [0, 0.05) is 4.83 Å². The van der Waals surface area contributed by atoms with Gasteiger partial charge in [0.05, 0.1) is 0 Å². The second kappa shape index (κ2) is 3.32. The van der Waals surface area contributed by atoms with Crippen LogP contribution in [0.2, 0.25) is 0 Å². The normalized spacial score (nSPS) is 23.8. The van der Waals surface area contributed by atoms with Gasteiger partial charge < -0.3 is 0 Å². The molecule has 0 heterocycles. The zero-order valence-corrected chi connectivity index (χ0v) is 10.4. The van der Waals surface area contributed by atoms with Crippen molar-refractivity contribution in [3.63, 3.8) is 0 Å². The molecule has 0 aromatic heterocycles. The Labute approximate surface area is 85.3 Å². The van der Waals surface area contributed by atoms with Crippen molar-refractivity contribution in [1.82, 2.24) is 0 Å². The highest BCUT2D eigenvalue weighted by Gasteiger charge is 2.46. The van der Waals surface area contributed by atoms with Crippen LogP contribution in [-0.4, -0.2) is 4.83 Å². The van der Waals surface area contributed by atoms with Gasteiger partial charge in [-0.3, -0.25) is 0 Å². The Morgan fingerprint density at radius 1 is 1.33 bits per heavy atom. The van der Waals surface area contributed by atoms with Crippen molar-refractivity contribution in [1.29, 1.82) is 0 Å². The predicted octanol–water partition coefficient (Wildman–Crippen LogP) is 4.38. The summed E-state index contributed by atoms with van der Waals surface area (Å²) in [6.45, 7) is 9.31. The van der Waals surface area contributed by atoms with Crippen molar-refractivity contribution in [2.45, 2.75) is 58.2 Å². The molecule has 0 spiro atoms. The molecule has 0 aromatic carbocycles. The van der Waals surface area contributed by atoms with Crippen molar-refractivity contribution in [3.05, 3.63) is 0 Å². The number of rotatable bonds is 3. The summed E-state index contributed by atoms with van der Waals surface area (Å²) in [6.07, 6.45) is 5.65.